The second-order valence-corrected chi connectivity index (χ2v) is 7.37. The van der Waals surface area contributed by atoms with Crippen LogP contribution in [-0.4, -0.2) is 36.4 Å². The Balaban J connectivity index is 1.96. The van der Waals surface area contributed by atoms with Crippen LogP contribution < -0.4 is 4.72 Å². The molecule has 0 aromatic carbocycles. The molecule has 1 saturated carbocycles. The molecule has 0 spiro atoms. The van der Waals surface area contributed by atoms with Crippen molar-refractivity contribution in [1.29, 1.82) is 0 Å². The molecule has 0 aliphatic heterocycles. The molecule has 2 rings (SSSR count). The lowest BCUT2D eigenvalue weighted by Crippen LogP contribution is -2.53. The lowest BCUT2D eigenvalue weighted by atomic mass is 9.83. The van der Waals surface area contributed by atoms with E-state index in [-0.39, 0.29) is 12.4 Å². The Morgan fingerprint density at radius 1 is 1.20 bits per heavy atom. The van der Waals surface area contributed by atoms with Crippen molar-refractivity contribution in [2.75, 3.05) is 12.4 Å². The quantitative estimate of drug-likeness (QED) is 0.828. The molecule has 0 bridgehead atoms. The van der Waals surface area contributed by atoms with Crippen LogP contribution in [0.3, 0.4) is 0 Å². The number of sulfonamides is 1. The van der Waals surface area contributed by atoms with E-state index in [9.17, 15) is 13.5 Å². The van der Waals surface area contributed by atoms with Gasteiger partial charge < -0.3 is 5.11 Å². The summed E-state index contributed by atoms with van der Waals surface area (Å²) in [5.74, 6) is 0.0404. The number of aliphatic hydroxyl groups is 1. The molecule has 1 aliphatic rings. The standard InChI is InChI=1S/C14H22N2O3S/c17-12-14(7-2-1-3-8-14)16-20(18,19)11-6-13-4-9-15-10-5-13/h4-5,9-10,16-17H,1-3,6-8,11-12H2. The van der Waals surface area contributed by atoms with Crippen molar-refractivity contribution in [2.24, 2.45) is 0 Å². The molecule has 0 atom stereocenters. The number of hydrogen-bond donors (Lipinski definition) is 2. The van der Waals surface area contributed by atoms with Gasteiger partial charge in [-0.05, 0) is 37.0 Å². The van der Waals surface area contributed by atoms with E-state index in [1.165, 1.54) is 0 Å². The maximum Gasteiger partial charge on any atom is 0.212 e. The van der Waals surface area contributed by atoms with Crippen LogP contribution in [0, 0.1) is 0 Å². The molecule has 0 amide bonds. The molecule has 1 heterocycles. The van der Waals surface area contributed by atoms with Gasteiger partial charge in [-0.3, -0.25) is 4.98 Å². The van der Waals surface area contributed by atoms with Crippen LogP contribution in [-0.2, 0) is 16.4 Å². The zero-order valence-electron chi connectivity index (χ0n) is 11.6. The Morgan fingerprint density at radius 3 is 2.45 bits per heavy atom. The largest absolute Gasteiger partial charge is 0.394 e. The monoisotopic (exact) mass is 298 g/mol. The predicted octanol–water partition coefficient (Wildman–Crippen LogP) is 1.24. The third-order valence-corrected chi connectivity index (χ3v) is 5.38. The summed E-state index contributed by atoms with van der Waals surface area (Å²) in [6, 6.07) is 3.63. The fourth-order valence-electron chi connectivity index (χ4n) is 2.70. The summed E-state index contributed by atoms with van der Waals surface area (Å²) in [5.41, 5.74) is 0.307. The van der Waals surface area contributed by atoms with Crippen molar-refractivity contribution >= 4 is 10.0 Å². The van der Waals surface area contributed by atoms with Crippen LogP contribution in [0.1, 0.15) is 37.7 Å². The fourth-order valence-corrected chi connectivity index (χ4v) is 4.24. The Labute approximate surface area is 120 Å². The van der Waals surface area contributed by atoms with E-state index in [0.29, 0.717) is 6.42 Å². The van der Waals surface area contributed by atoms with Gasteiger partial charge in [-0.1, -0.05) is 19.3 Å². The van der Waals surface area contributed by atoms with E-state index < -0.39 is 15.6 Å². The van der Waals surface area contributed by atoms with Crippen LogP contribution in [0.15, 0.2) is 24.5 Å². The number of nitrogens with zero attached hydrogens (tertiary/aromatic N) is 1. The molecule has 0 radical (unpaired) electrons. The number of aryl methyl sites for hydroxylation is 1. The summed E-state index contributed by atoms with van der Waals surface area (Å²) >= 11 is 0. The van der Waals surface area contributed by atoms with Crippen molar-refractivity contribution < 1.29 is 13.5 Å². The molecule has 1 aromatic heterocycles. The molecule has 5 nitrogen and oxygen atoms in total. The van der Waals surface area contributed by atoms with Gasteiger partial charge in [0.25, 0.3) is 0 Å². The smallest absolute Gasteiger partial charge is 0.212 e. The summed E-state index contributed by atoms with van der Waals surface area (Å²) in [4.78, 5) is 3.91. The molecule has 1 aromatic rings. The summed E-state index contributed by atoms with van der Waals surface area (Å²) < 4.78 is 27.1. The van der Waals surface area contributed by atoms with Crippen molar-refractivity contribution in [1.82, 2.24) is 9.71 Å². The van der Waals surface area contributed by atoms with Gasteiger partial charge >= 0.3 is 0 Å². The molecule has 20 heavy (non-hydrogen) atoms. The van der Waals surface area contributed by atoms with Crippen molar-refractivity contribution in [3.8, 4) is 0 Å². The second-order valence-electron chi connectivity index (χ2n) is 5.53. The summed E-state index contributed by atoms with van der Waals surface area (Å²) in [6.45, 7) is -0.124. The van der Waals surface area contributed by atoms with Crippen molar-refractivity contribution in [3.63, 3.8) is 0 Å². The van der Waals surface area contributed by atoms with Gasteiger partial charge in [0.05, 0.1) is 17.9 Å². The number of aliphatic hydroxyl groups excluding tert-OH is 1. The Hall–Kier alpha value is -0.980. The summed E-state index contributed by atoms with van der Waals surface area (Å²) in [7, 11) is -3.38. The molecule has 112 valence electrons. The third-order valence-electron chi connectivity index (χ3n) is 3.89. The zero-order valence-corrected chi connectivity index (χ0v) is 12.4. The maximum absolute atomic E-state index is 12.2. The summed E-state index contributed by atoms with van der Waals surface area (Å²) in [6.07, 6.45) is 8.26. The van der Waals surface area contributed by atoms with E-state index in [1.54, 1.807) is 12.4 Å². The molecule has 2 N–H and O–H groups in total. The van der Waals surface area contributed by atoms with Gasteiger partial charge in [0.15, 0.2) is 0 Å². The first-order valence-corrected chi connectivity index (χ1v) is 8.72. The SMILES string of the molecule is O=S(=O)(CCc1ccncc1)NC1(CO)CCCCC1. The lowest BCUT2D eigenvalue weighted by molar-refractivity contribution is 0.142. The van der Waals surface area contributed by atoms with E-state index in [0.717, 1.165) is 37.7 Å². The van der Waals surface area contributed by atoms with Crippen molar-refractivity contribution in [2.45, 2.75) is 44.1 Å². The number of aromatic nitrogens is 1. The van der Waals surface area contributed by atoms with Crippen LogP contribution in [0.4, 0.5) is 0 Å². The van der Waals surface area contributed by atoms with Gasteiger partial charge in [0.1, 0.15) is 0 Å². The third kappa shape index (κ3) is 4.26. The van der Waals surface area contributed by atoms with Crippen LogP contribution >= 0.6 is 0 Å². The van der Waals surface area contributed by atoms with Crippen LogP contribution in [0.2, 0.25) is 0 Å². The highest BCUT2D eigenvalue weighted by atomic mass is 32.2. The number of nitrogens with one attached hydrogen (secondary N) is 1. The zero-order chi connectivity index (χ0) is 14.5. The second kappa shape index (κ2) is 6.65. The lowest BCUT2D eigenvalue weighted by Gasteiger charge is -2.36. The predicted molar refractivity (Wildman–Crippen MR) is 77.8 cm³/mol. The van der Waals surface area contributed by atoms with Gasteiger partial charge in [0.2, 0.25) is 10.0 Å². The topological polar surface area (TPSA) is 79.3 Å². The molecular weight excluding hydrogens is 276 g/mol. The molecule has 0 saturated heterocycles. The number of rotatable bonds is 6. The minimum atomic E-state index is -3.38. The first-order valence-electron chi connectivity index (χ1n) is 7.07. The van der Waals surface area contributed by atoms with Crippen LogP contribution in [0.5, 0.6) is 0 Å². The minimum absolute atomic E-state index is 0.0404. The van der Waals surface area contributed by atoms with Gasteiger partial charge in [-0.25, -0.2) is 13.1 Å². The van der Waals surface area contributed by atoms with E-state index in [4.69, 9.17) is 0 Å². The highest BCUT2D eigenvalue weighted by molar-refractivity contribution is 7.89. The molecule has 6 heteroatoms. The molecule has 0 unspecified atom stereocenters. The van der Waals surface area contributed by atoms with Crippen molar-refractivity contribution in [3.05, 3.63) is 30.1 Å². The Kier molecular flexibility index (Phi) is 5.12. The van der Waals surface area contributed by atoms with E-state index in [2.05, 4.69) is 9.71 Å². The highest BCUT2D eigenvalue weighted by Crippen LogP contribution is 2.28. The highest BCUT2D eigenvalue weighted by Gasteiger charge is 2.35. The average molecular weight is 298 g/mol. The molecule has 1 aliphatic carbocycles. The molecule has 1 fully saturated rings. The Bertz CT molecular complexity index is 510. The first kappa shape index (κ1) is 15.4. The fraction of sp³-hybridized carbons (Fsp3) is 0.643. The van der Waals surface area contributed by atoms with Gasteiger partial charge in [0, 0.05) is 12.4 Å². The first-order chi connectivity index (χ1) is 9.55. The average Bonchev–Trinajstić information content (AvgIpc) is 2.47. The summed E-state index contributed by atoms with van der Waals surface area (Å²) in [5, 5.41) is 9.55. The number of pyridine rings is 1. The molecular formula is C14H22N2O3S. The van der Waals surface area contributed by atoms with E-state index >= 15 is 0 Å². The van der Waals surface area contributed by atoms with E-state index in [1.807, 2.05) is 12.1 Å². The normalized spacial score (nSPS) is 18.9. The Morgan fingerprint density at radius 2 is 1.85 bits per heavy atom. The van der Waals surface area contributed by atoms with Gasteiger partial charge in [-0.2, -0.15) is 0 Å². The van der Waals surface area contributed by atoms with Crippen LogP contribution in [0.25, 0.3) is 0 Å². The number of hydrogen-bond acceptors (Lipinski definition) is 4. The maximum atomic E-state index is 12.2. The minimum Gasteiger partial charge on any atom is -0.394 e. The van der Waals surface area contributed by atoms with Gasteiger partial charge in [-0.15, -0.1) is 0 Å².